The molecule has 1 aliphatic rings. The predicted octanol–water partition coefficient (Wildman–Crippen LogP) is 3.07. The van der Waals surface area contributed by atoms with E-state index in [1.54, 1.807) is 6.33 Å². The van der Waals surface area contributed by atoms with Gasteiger partial charge in [0, 0.05) is 17.9 Å². The number of hydrogen-bond donors (Lipinski definition) is 0. The number of nitrogens with zero attached hydrogens (tertiary/aromatic N) is 4. The lowest BCUT2D eigenvalue weighted by atomic mass is 9.91. The van der Waals surface area contributed by atoms with E-state index in [0.717, 1.165) is 36.8 Å². The van der Waals surface area contributed by atoms with Crippen LogP contribution >= 0.6 is 15.9 Å². The molecule has 1 fully saturated rings. The smallest absolute Gasteiger partial charge is 0.141 e. The van der Waals surface area contributed by atoms with Gasteiger partial charge < -0.3 is 0 Å². The van der Waals surface area contributed by atoms with Crippen LogP contribution in [0.25, 0.3) is 0 Å². The number of hydrogen-bond acceptors (Lipinski definition) is 3. The van der Waals surface area contributed by atoms with E-state index in [-0.39, 0.29) is 0 Å². The third-order valence-corrected chi connectivity index (χ3v) is 4.31. The molecular formula is C14H25BrN4. The van der Waals surface area contributed by atoms with Crippen LogP contribution in [0.5, 0.6) is 0 Å². The third kappa shape index (κ3) is 4.28. The molecule has 1 heterocycles. The van der Waals surface area contributed by atoms with Crippen molar-refractivity contribution in [1.82, 2.24) is 19.7 Å². The zero-order chi connectivity index (χ0) is 13.7. The molecular weight excluding hydrogens is 304 g/mol. The van der Waals surface area contributed by atoms with Crippen molar-refractivity contribution in [2.75, 3.05) is 11.9 Å². The maximum atomic E-state index is 4.46. The van der Waals surface area contributed by atoms with Gasteiger partial charge in [0.2, 0.25) is 0 Å². The first kappa shape index (κ1) is 15.0. The van der Waals surface area contributed by atoms with Crippen molar-refractivity contribution in [1.29, 1.82) is 0 Å². The normalized spacial score (nSPS) is 16.3. The molecule has 0 N–H and O–H groups in total. The van der Waals surface area contributed by atoms with Gasteiger partial charge in [0.05, 0.1) is 6.54 Å². The summed E-state index contributed by atoms with van der Waals surface area (Å²) in [4.78, 5) is 7.05. The Balaban J connectivity index is 1.97. The molecule has 0 unspecified atom stereocenters. The monoisotopic (exact) mass is 328 g/mol. The lowest BCUT2D eigenvalue weighted by Crippen LogP contribution is -2.41. The molecule has 1 aliphatic carbocycles. The maximum absolute atomic E-state index is 4.46. The molecule has 1 aromatic heterocycles. The van der Waals surface area contributed by atoms with Crippen LogP contribution in [0.2, 0.25) is 0 Å². The minimum absolute atomic E-state index is 0.611. The van der Waals surface area contributed by atoms with Crippen molar-refractivity contribution >= 4 is 15.9 Å². The summed E-state index contributed by atoms with van der Waals surface area (Å²) < 4.78 is 2.07. The zero-order valence-electron chi connectivity index (χ0n) is 12.1. The van der Waals surface area contributed by atoms with Gasteiger partial charge in [-0.2, -0.15) is 5.10 Å². The van der Waals surface area contributed by atoms with Crippen LogP contribution in [0.4, 0.5) is 0 Å². The molecule has 0 amide bonds. The zero-order valence-corrected chi connectivity index (χ0v) is 13.6. The average Bonchev–Trinajstić information content (AvgIpc) is 2.70. The summed E-state index contributed by atoms with van der Waals surface area (Å²) in [5, 5.41) is 5.44. The molecule has 2 rings (SSSR count). The van der Waals surface area contributed by atoms with Gasteiger partial charge in [-0.05, 0) is 31.7 Å². The van der Waals surface area contributed by atoms with Gasteiger partial charge in [-0.3, -0.25) is 4.90 Å². The van der Waals surface area contributed by atoms with Crippen LogP contribution in [0.1, 0.15) is 45.4 Å². The summed E-state index contributed by atoms with van der Waals surface area (Å²) >= 11 is 3.53. The number of halogens is 1. The van der Waals surface area contributed by atoms with E-state index in [1.807, 2.05) is 0 Å². The van der Waals surface area contributed by atoms with Gasteiger partial charge >= 0.3 is 0 Å². The van der Waals surface area contributed by atoms with E-state index >= 15 is 0 Å². The van der Waals surface area contributed by atoms with E-state index in [4.69, 9.17) is 0 Å². The molecule has 108 valence electrons. The first-order chi connectivity index (χ1) is 9.20. The first-order valence-corrected chi connectivity index (χ1v) is 8.49. The molecule has 4 nitrogen and oxygen atoms in total. The minimum Gasteiger partial charge on any atom is -0.293 e. The third-order valence-electron chi connectivity index (χ3n) is 3.75. The largest absolute Gasteiger partial charge is 0.293 e. The van der Waals surface area contributed by atoms with Gasteiger partial charge in [-0.25, -0.2) is 9.67 Å². The molecule has 0 bridgehead atoms. The Labute approximate surface area is 124 Å². The molecule has 0 aliphatic heterocycles. The fourth-order valence-corrected chi connectivity index (χ4v) is 2.75. The van der Waals surface area contributed by atoms with Crippen LogP contribution in [0, 0.1) is 5.92 Å². The Morgan fingerprint density at radius 3 is 2.84 bits per heavy atom. The summed E-state index contributed by atoms with van der Waals surface area (Å²) in [6, 6.07) is 0.767. The van der Waals surface area contributed by atoms with E-state index in [0.29, 0.717) is 5.92 Å². The second-order valence-corrected chi connectivity index (χ2v) is 6.64. The highest BCUT2D eigenvalue weighted by Gasteiger charge is 2.25. The Bertz CT molecular complexity index is 373. The summed E-state index contributed by atoms with van der Waals surface area (Å²) in [7, 11) is 0. The van der Waals surface area contributed by atoms with Crippen molar-refractivity contribution in [2.45, 2.75) is 58.7 Å². The summed E-state index contributed by atoms with van der Waals surface area (Å²) in [5.41, 5.74) is 0. The van der Waals surface area contributed by atoms with Gasteiger partial charge in [0.25, 0.3) is 0 Å². The maximum Gasteiger partial charge on any atom is 0.141 e. The average molecular weight is 329 g/mol. The molecule has 5 heteroatoms. The number of alkyl halides is 1. The Hall–Kier alpha value is -0.420. The van der Waals surface area contributed by atoms with Crippen molar-refractivity contribution in [3.63, 3.8) is 0 Å². The topological polar surface area (TPSA) is 34.0 Å². The molecule has 0 spiro atoms. The number of rotatable bonds is 8. The highest BCUT2D eigenvalue weighted by atomic mass is 79.9. The Kier molecular flexibility index (Phi) is 5.82. The van der Waals surface area contributed by atoms with E-state index in [9.17, 15) is 0 Å². The number of aromatic nitrogens is 3. The van der Waals surface area contributed by atoms with Crippen molar-refractivity contribution in [2.24, 2.45) is 5.92 Å². The van der Waals surface area contributed by atoms with Crippen molar-refractivity contribution in [3.8, 4) is 0 Å². The minimum atomic E-state index is 0.611. The van der Waals surface area contributed by atoms with Crippen LogP contribution in [0.15, 0.2) is 6.33 Å². The lowest BCUT2D eigenvalue weighted by Gasteiger charge is -2.37. The van der Waals surface area contributed by atoms with E-state index in [2.05, 4.69) is 49.4 Å². The van der Waals surface area contributed by atoms with E-state index in [1.165, 1.54) is 25.7 Å². The van der Waals surface area contributed by atoms with Gasteiger partial charge in [-0.15, -0.1) is 0 Å². The lowest BCUT2D eigenvalue weighted by molar-refractivity contribution is 0.114. The summed E-state index contributed by atoms with van der Waals surface area (Å²) in [6.07, 6.45) is 6.98. The molecule has 0 aromatic carbocycles. The van der Waals surface area contributed by atoms with E-state index < -0.39 is 0 Å². The second kappa shape index (κ2) is 7.39. The molecule has 1 saturated carbocycles. The summed E-state index contributed by atoms with van der Waals surface area (Å²) in [5.74, 6) is 1.73. The van der Waals surface area contributed by atoms with Crippen molar-refractivity contribution < 1.29 is 0 Å². The summed E-state index contributed by atoms with van der Waals surface area (Å²) in [6.45, 7) is 7.51. The Morgan fingerprint density at radius 2 is 2.26 bits per heavy atom. The molecule has 0 atom stereocenters. The van der Waals surface area contributed by atoms with Crippen LogP contribution < -0.4 is 0 Å². The Morgan fingerprint density at radius 1 is 1.47 bits per heavy atom. The molecule has 19 heavy (non-hydrogen) atoms. The molecule has 0 radical (unpaired) electrons. The molecule has 0 saturated heterocycles. The highest BCUT2D eigenvalue weighted by molar-refractivity contribution is 9.09. The van der Waals surface area contributed by atoms with Gasteiger partial charge in [0.15, 0.2) is 0 Å². The standard InChI is InChI=1S/C14H25BrN4/c1-12(2)9-19-14(16-11-17-19)10-18(8-4-7-15)13-5-3-6-13/h11-13H,3-10H2,1-2H3. The first-order valence-electron chi connectivity index (χ1n) is 7.37. The van der Waals surface area contributed by atoms with Crippen LogP contribution in [-0.2, 0) is 13.1 Å². The fourth-order valence-electron chi connectivity index (χ4n) is 2.50. The highest BCUT2D eigenvalue weighted by Crippen LogP contribution is 2.26. The quantitative estimate of drug-likeness (QED) is 0.688. The molecule has 1 aromatic rings. The van der Waals surface area contributed by atoms with Gasteiger partial charge in [0.1, 0.15) is 12.2 Å². The van der Waals surface area contributed by atoms with Gasteiger partial charge in [-0.1, -0.05) is 36.2 Å². The predicted molar refractivity (Wildman–Crippen MR) is 81.3 cm³/mol. The fraction of sp³-hybridized carbons (Fsp3) is 0.857. The van der Waals surface area contributed by atoms with Crippen LogP contribution in [0.3, 0.4) is 0 Å². The SMILES string of the molecule is CC(C)Cn1ncnc1CN(CCCBr)C1CCC1. The second-order valence-electron chi connectivity index (χ2n) is 5.85. The van der Waals surface area contributed by atoms with Crippen LogP contribution in [-0.4, -0.2) is 37.6 Å². The van der Waals surface area contributed by atoms with Crippen molar-refractivity contribution in [3.05, 3.63) is 12.2 Å².